The van der Waals surface area contributed by atoms with Crippen LogP contribution in [-0.4, -0.2) is 11.1 Å². The Kier molecular flexibility index (Phi) is 5.63. The predicted molar refractivity (Wildman–Crippen MR) is 115 cm³/mol. The topological polar surface area (TPSA) is 46.5 Å². The van der Waals surface area contributed by atoms with E-state index < -0.39 is 5.97 Å². The second kappa shape index (κ2) is 8.67. The molecule has 0 amide bonds. The average Bonchev–Trinajstić information content (AvgIpc) is 2.76. The van der Waals surface area contributed by atoms with Gasteiger partial charge in [0.05, 0.1) is 16.5 Å². The van der Waals surface area contributed by atoms with E-state index in [0.717, 1.165) is 4.90 Å². The molecule has 0 heterocycles. The van der Waals surface area contributed by atoms with Gasteiger partial charge in [-0.05, 0) is 48.5 Å². The van der Waals surface area contributed by atoms with Crippen LogP contribution >= 0.6 is 0 Å². The van der Waals surface area contributed by atoms with E-state index in [4.69, 9.17) is 4.74 Å². The van der Waals surface area contributed by atoms with Crippen molar-refractivity contribution in [3.63, 3.8) is 0 Å². The number of aromatic hydroxyl groups is 1. The van der Waals surface area contributed by atoms with Crippen LogP contribution in [0.25, 0.3) is 0 Å². The fourth-order valence-corrected chi connectivity index (χ4v) is 5.12. The highest BCUT2D eigenvalue weighted by Crippen LogP contribution is 2.31. The first kappa shape index (κ1) is 18.8. The Labute approximate surface area is 172 Å². The van der Waals surface area contributed by atoms with E-state index in [-0.39, 0.29) is 16.6 Å². The monoisotopic (exact) mass is 399 g/mol. The standard InChI is InChI=1S/C25H18O3S/c26-20-10-8-11-21(18-20)28-25(27)19-9-7-16-24(17-19)29(22-12-3-1-4-13-22)23-14-5-2-6-15-23/h1-18H/p+1. The van der Waals surface area contributed by atoms with Gasteiger partial charge in [-0.2, -0.15) is 0 Å². The minimum atomic E-state index is -0.456. The number of carbonyl (C=O) groups excluding carboxylic acids is 1. The number of hydrogen-bond donors (Lipinski definition) is 1. The summed E-state index contributed by atoms with van der Waals surface area (Å²) in [5.41, 5.74) is 0.468. The van der Waals surface area contributed by atoms with Crippen molar-refractivity contribution >= 4 is 16.9 Å². The average molecular weight is 399 g/mol. The Morgan fingerprint density at radius 3 is 1.86 bits per heavy atom. The molecule has 0 aliphatic carbocycles. The Hall–Kier alpha value is -3.50. The third kappa shape index (κ3) is 4.50. The summed E-state index contributed by atoms with van der Waals surface area (Å²) in [6.45, 7) is 0. The molecule has 0 saturated carbocycles. The van der Waals surface area contributed by atoms with Gasteiger partial charge < -0.3 is 9.84 Å². The maximum Gasteiger partial charge on any atom is 0.343 e. The van der Waals surface area contributed by atoms with Gasteiger partial charge in [0.15, 0.2) is 14.7 Å². The summed E-state index contributed by atoms with van der Waals surface area (Å²) >= 11 is 0. The number of ether oxygens (including phenoxy) is 1. The quantitative estimate of drug-likeness (QED) is 0.266. The molecule has 0 bridgehead atoms. The number of rotatable bonds is 5. The second-order valence-corrected chi connectivity index (χ2v) is 8.37. The summed E-state index contributed by atoms with van der Waals surface area (Å²) in [6, 6.07) is 34.3. The normalized spacial score (nSPS) is 10.7. The smallest absolute Gasteiger partial charge is 0.343 e. The lowest BCUT2D eigenvalue weighted by Gasteiger charge is -2.09. The molecule has 1 N–H and O–H groups in total. The first-order valence-electron chi connectivity index (χ1n) is 9.16. The Morgan fingerprint density at radius 2 is 1.24 bits per heavy atom. The lowest BCUT2D eigenvalue weighted by atomic mass is 10.2. The largest absolute Gasteiger partial charge is 0.508 e. The van der Waals surface area contributed by atoms with Crippen LogP contribution in [0, 0.1) is 0 Å². The molecule has 0 saturated heterocycles. The number of carbonyl (C=O) groups is 1. The lowest BCUT2D eigenvalue weighted by Crippen LogP contribution is -2.10. The number of hydrogen-bond acceptors (Lipinski definition) is 3. The van der Waals surface area contributed by atoms with E-state index in [0.29, 0.717) is 11.3 Å². The maximum absolute atomic E-state index is 12.7. The summed E-state index contributed by atoms with van der Waals surface area (Å²) in [6.07, 6.45) is 0. The van der Waals surface area contributed by atoms with Crippen molar-refractivity contribution in [1.82, 2.24) is 0 Å². The number of phenols is 1. The molecule has 0 atom stereocenters. The highest BCUT2D eigenvalue weighted by molar-refractivity contribution is 7.97. The van der Waals surface area contributed by atoms with Crippen molar-refractivity contribution in [3.8, 4) is 11.5 Å². The van der Waals surface area contributed by atoms with E-state index >= 15 is 0 Å². The highest BCUT2D eigenvalue weighted by atomic mass is 32.2. The minimum Gasteiger partial charge on any atom is -0.508 e. The van der Waals surface area contributed by atoms with Gasteiger partial charge in [0, 0.05) is 12.1 Å². The molecule has 0 unspecified atom stereocenters. The van der Waals surface area contributed by atoms with Crippen LogP contribution in [0.3, 0.4) is 0 Å². The third-order valence-corrected chi connectivity index (χ3v) is 6.50. The van der Waals surface area contributed by atoms with Crippen LogP contribution in [0.4, 0.5) is 0 Å². The molecule has 0 aliphatic rings. The molecular formula is C25H19O3S+. The summed E-state index contributed by atoms with van der Waals surface area (Å²) in [4.78, 5) is 16.1. The first-order chi connectivity index (χ1) is 14.2. The summed E-state index contributed by atoms with van der Waals surface area (Å²) in [5, 5.41) is 9.58. The van der Waals surface area contributed by atoms with Crippen LogP contribution in [-0.2, 0) is 10.9 Å². The van der Waals surface area contributed by atoms with Crippen LogP contribution in [0.15, 0.2) is 124 Å². The van der Waals surface area contributed by atoms with E-state index in [1.807, 2.05) is 54.6 Å². The molecule has 0 aliphatic heterocycles. The van der Waals surface area contributed by atoms with Crippen molar-refractivity contribution in [1.29, 1.82) is 0 Å². The van der Waals surface area contributed by atoms with Gasteiger partial charge in [0.2, 0.25) is 0 Å². The van der Waals surface area contributed by atoms with Gasteiger partial charge in [0.1, 0.15) is 11.5 Å². The van der Waals surface area contributed by atoms with Crippen LogP contribution in [0.1, 0.15) is 10.4 Å². The number of phenolic OH excluding ortho intramolecular Hbond substituents is 1. The Morgan fingerprint density at radius 1 is 0.655 bits per heavy atom. The molecule has 142 valence electrons. The minimum absolute atomic E-state index is 0.0544. The molecule has 0 fully saturated rings. The van der Waals surface area contributed by atoms with Gasteiger partial charge in [-0.1, -0.05) is 48.5 Å². The fourth-order valence-electron chi connectivity index (χ4n) is 2.98. The van der Waals surface area contributed by atoms with Crippen LogP contribution in [0.5, 0.6) is 11.5 Å². The van der Waals surface area contributed by atoms with E-state index in [1.165, 1.54) is 21.9 Å². The van der Waals surface area contributed by atoms with Gasteiger partial charge in [0.25, 0.3) is 0 Å². The SMILES string of the molecule is O=C(Oc1cccc(O)c1)c1cccc([S+](c2ccccc2)c2ccccc2)c1. The molecule has 4 aromatic rings. The third-order valence-electron chi connectivity index (χ3n) is 4.29. The van der Waals surface area contributed by atoms with Crippen molar-refractivity contribution in [2.45, 2.75) is 14.7 Å². The number of benzene rings is 4. The Balaban J connectivity index is 1.69. The summed E-state index contributed by atoms with van der Waals surface area (Å²) < 4.78 is 5.43. The summed E-state index contributed by atoms with van der Waals surface area (Å²) in [7, 11) is -0.339. The fraction of sp³-hybridized carbons (Fsp3) is 0. The summed E-state index contributed by atoms with van der Waals surface area (Å²) in [5.74, 6) is -0.0913. The van der Waals surface area contributed by atoms with Gasteiger partial charge in [-0.25, -0.2) is 4.79 Å². The molecule has 3 nitrogen and oxygen atoms in total. The molecular weight excluding hydrogens is 380 g/mol. The predicted octanol–water partition coefficient (Wildman–Crippen LogP) is 5.71. The van der Waals surface area contributed by atoms with Crippen molar-refractivity contribution in [3.05, 3.63) is 115 Å². The lowest BCUT2D eigenvalue weighted by molar-refractivity contribution is 0.0734. The van der Waals surface area contributed by atoms with E-state index in [9.17, 15) is 9.90 Å². The Bertz CT molecular complexity index is 1070. The zero-order chi connectivity index (χ0) is 20.1. The van der Waals surface area contributed by atoms with Crippen LogP contribution in [0.2, 0.25) is 0 Å². The van der Waals surface area contributed by atoms with Crippen molar-refractivity contribution in [2.24, 2.45) is 0 Å². The molecule has 0 radical (unpaired) electrons. The van der Waals surface area contributed by atoms with E-state index in [2.05, 4.69) is 24.3 Å². The van der Waals surface area contributed by atoms with Gasteiger partial charge in [-0.15, -0.1) is 0 Å². The van der Waals surface area contributed by atoms with Crippen molar-refractivity contribution in [2.75, 3.05) is 0 Å². The molecule has 0 aromatic heterocycles. The van der Waals surface area contributed by atoms with E-state index in [1.54, 1.807) is 18.2 Å². The van der Waals surface area contributed by atoms with Gasteiger partial charge >= 0.3 is 5.97 Å². The number of esters is 1. The molecule has 4 aromatic carbocycles. The maximum atomic E-state index is 12.7. The molecule has 29 heavy (non-hydrogen) atoms. The first-order valence-corrected chi connectivity index (χ1v) is 10.4. The second-order valence-electron chi connectivity index (χ2n) is 6.35. The van der Waals surface area contributed by atoms with Crippen molar-refractivity contribution < 1.29 is 14.6 Å². The molecule has 4 rings (SSSR count). The zero-order valence-corrected chi connectivity index (χ0v) is 16.4. The molecule has 0 spiro atoms. The zero-order valence-electron chi connectivity index (χ0n) is 15.6. The van der Waals surface area contributed by atoms with Crippen LogP contribution < -0.4 is 4.74 Å². The molecule has 4 heteroatoms. The highest BCUT2D eigenvalue weighted by Gasteiger charge is 2.29. The van der Waals surface area contributed by atoms with Gasteiger partial charge in [-0.3, -0.25) is 0 Å².